The lowest BCUT2D eigenvalue weighted by Gasteiger charge is -2.40. The van der Waals surface area contributed by atoms with Crippen LogP contribution in [0.2, 0.25) is 0 Å². The van der Waals surface area contributed by atoms with E-state index in [9.17, 15) is 4.79 Å². The van der Waals surface area contributed by atoms with Gasteiger partial charge in [-0.3, -0.25) is 4.79 Å². The minimum atomic E-state index is -0.240. The van der Waals surface area contributed by atoms with Gasteiger partial charge in [0.15, 0.2) is 0 Å². The highest BCUT2D eigenvalue weighted by atomic mass is 16.2. The van der Waals surface area contributed by atoms with Gasteiger partial charge in [-0.25, -0.2) is 0 Å². The molecule has 0 atom stereocenters. The van der Waals surface area contributed by atoms with E-state index in [1.165, 1.54) is 0 Å². The van der Waals surface area contributed by atoms with Crippen molar-refractivity contribution in [1.29, 1.82) is 0 Å². The quantitative estimate of drug-likeness (QED) is 0.921. The van der Waals surface area contributed by atoms with Crippen LogP contribution in [0, 0.1) is 0 Å². The molecule has 2 aromatic rings. The summed E-state index contributed by atoms with van der Waals surface area (Å²) in [5.41, 5.74) is 2.08. The maximum absolute atomic E-state index is 12.9. The Bertz CT molecular complexity index is 594. The number of amides is 1. The highest BCUT2D eigenvalue weighted by molar-refractivity contribution is 5.87. The van der Waals surface area contributed by atoms with Crippen LogP contribution in [0.15, 0.2) is 60.7 Å². The second-order valence-electron chi connectivity index (χ2n) is 6.55. The number of rotatable bonds is 5. The summed E-state index contributed by atoms with van der Waals surface area (Å²) >= 11 is 0. The highest BCUT2D eigenvalue weighted by Gasteiger charge is 2.33. The lowest BCUT2D eigenvalue weighted by Crippen LogP contribution is -2.52. The summed E-state index contributed by atoms with van der Waals surface area (Å²) in [4.78, 5) is 15.1. The largest absolute Gasteiger partial charge is 0.352 e. The van der Waals surface area contributed by atoms with Crippen LogP contribution in [0.5, 0.6) is 0 Å². The summed E-state index contributed by atoms with van der Waals surface area (Å²) < 4.78 is 0. The smallest absolute Gasteiger partial charge is 0.232 e. The molecule has 1 N–H and O–H groups in total. The molecule has 3 nitrogen and oxygen atoms in total. The second kappa shape index (κ2) is 6.97. The molecular formula is C20H24N2O. The minimum absolute atomic E-state index is 0.101. The SMILES string of the molecule is CN(C)C1CC(NC(=O)C(c2ccccc2)c2ccccc2)C1. The van der Waals surface area contributed by atoms with Crippen molar-refractivity contribution in [2.75, 3.05) is 14.1 Å². The maximum Gasteiger partial charge on any atom is 0.232 e. The zero-order chi connectivity index (χ0) is 16.2. The molecular weight excluding hydrogens is 284 g/mol. The molecule has 23 heavy (non-hydrogen) atoms. The average molecular weight is 308 g/mol. The fourth-order valence-electron chi connectivity index (χ4n) is 3.20. The van der Waals surface area contributed by atoms with Crippen LogP contribution in [-0.2, 0) is 4.79 Å². The van der Waals surface area contributed by atoms with E-state index in [4.69, 9.17) is 0 Å². The summed E-state index contributed by atoms with van der Waals surface area (Å²) in [6.07, 6.45) is 2.07. The minimum Gasteiger partial charge on any atom is -0.352 e. The first kappa shape index (κ1) is 15.8. The van der Waals surface area contributed by atoms with Gasteiger partial charge in [-0.1, -0.05) is 60.7 Å². The number of carbonyl (C=O) groups is 1. The molecule has 3 heteroatoms. The van der Waals surface area contributed by atoms with Crippen molar-refractivity contribution in [2.45, 2.75) is 30.8 Å². The fraction of sp³-hybridized carbons (Fsp3) is 0.350. The van der Waals surface area contributed by atoms with Crippen molar-refractivity contribution in [2.24, 2.45) is 0 Å². The first-order chi connectivity index (χ1) is 11.1. The average Bonchev–Trinajstić information content (AvgIpc) is 2.52. The summed E-state index contributed by atoms with van der Waals surface area (Å²) in [6, 6.07) is 20.9. The van der Waals surface area contributed by atoms with E-state index in [1.54, 1.807) is 0 Å². The lowest BCUT2D eigenvalue weighted by atomic mass is 9.84. The van der Waals surface area contributed by atoms with Gasteiger partial charge in [0.25, 0.3) is 0 Å². The van der Waals surface area contributed by atoms with Gasteiger partial charge in [0.05, 0.1) is 5.92 Å². The van der Waals surface area contributed by atoms with Crippen molar-refractivity contribution in [3.8, 4) is 0 Å². The highest BCUT2D eigenvalue weighted by Crippen LogP contribution is 2.28. The van der Waals surface area contributed by atoms with Crippen LogP contribution in [0.3, 0.4) is 0 Å². The molecule has 1 aliphatic carbocycles. The molecule has 120 valence electrons. The summed E-state index contributed by atoms with van der Waals surface area (Å²) in [5.74, 6) is -0.139. The van der Waals surface area contributed by atoms with Crippen LogP contribution in [0.1, 0.15) is 29.9 Å². The normalized spacial score (nSPS) is 20.3. The van der Waals surface area contributed by atoms with Gasteiger partial charge >= 0.3 is 0 Å². The van der Waals surface area contributed by atoms with E-state index in [0.29, 0.717) is 12.1 Å². The molecule has 0 saturated heterocycles. The molecule has 1 fully saturated rings. The molecule has 0 aromatic heterocycles. The van der Waals surface area contributed by atoms with Gasteiger partial charge in [0.1, 0.15) is 0 Å². The number of hydrogen-bond acceptors (Lipinski definition) is 2. The molecule has 0 aliphatic heterocycles. The molecule has 1 saturated carbocycles. The Kier molecular flexibility index (Phi) is 4.77. The maximum atomic E-state index is 12.9. The van der Waals surface area contributed by atoms with Gasteiger partial charge < -0.3 is 10.2 Å². The molecule has 0 spiro atoms. The fourth-order valence-corrected chi connectivity index (χ4v) is 3.20. The van der Waals surface area contributed by atoms with Gasteiger partial charge in [0, 0.05) is 12.1 Å². The van der Waals surface area contributed by atoms with Crippen molar-refractivity contribution >= 4 is 5.91 Å². The Labute approximate surface area is 138 Å². The second-order valence-corrected chi connectivity index (χ2v) is 6.55. The van der Waals surface area contributed by atoms with Gasteiger partial charge in [-0.15, -0.1) is 0 Å². The van der Waals surface area contributed by atoms with Crippen molar-refractivity contribution in [3.63, 3.8) is 0 Å². The molecule has 1 aliphatic rings. The zero-order valence-electron chi connectivity index (χ0n) is 13.8. The van der Waals surface area contributed by atoms with E-state index in [0.717, 1.165) is 24.0 Å². The van der Waals surface area contributed by atoms with Crippen molar-refractivity contribution in [1.82, 2.24) is 10.2 Å². The van der Waals surface area contributed by atoms with Gasteiger partial charge in [-0.2, -0.15) is 0 Å². The number of nitrogens with one attached hydrogen (secondary N) is 1. The molecule has 0 heterocycles. The Morgan fingerprint density at radius 1 is 0.957 bits per heavy atom. The number of benzene rings is 2. The summed E-state index contributed by atoms with van der Waals surface area (Å²) in [7, 11) is 4.19. The topological polar surface area (TPSA) is 32.3 Å². The predicted molar refractivity (Wildman–Crippen MR) is 93.4 cm³/mol. The Hall–Kier alpha value is -2.13. The van der Waals surface area contributed by atoms with Crippen molar-refractivity contribution in [3.05, 3.63) is 71.8 Å². The van der Waals surface area contributed by atoms with Gasteiger partial charge in [0.2, 0.25) is 5.91 Å². The molecule has 1 amide bonds. The molecule has 0 bridgehead atoms. The summed E-state index contributed by atoms with van der Waals surface area (Å²) in [5, 5.41) is 3.23. The Morgan fingerprint density at radius 2 is 1.43 bits per heavy atom. The molecule has 2 aromatic carbocycles. The van der Waals surface area contributed by atoms with Crippen LogP contribution >= 0.6 is 0 Å². The number of nitrogens with zero attached hydrogens (tertiary/aromatic N) is 1. The first-order valence-corrected chi connectivity index (χ1v) is 8.22. The zero-order valence-corrected chi connectivity index (χ0v) is 13.8. The van der Waals surface area contributed by atoms with Crippen LogP contribution in [-0.4, -0.2) is 37.0 Å². The van der Waals surface area contributed by atoms with Crippen LogP contribution in [0.25, 0.3) is 0 Å². The third kappa shape index (κ3) is 3.62. The standard InChI is InChI=1S/C20H24N2O/c1-22(2)18-13-17(14-18)21-20(23)19(15-9-5-3-6-10-15)16-11-7-4-8-12-16/h3-12,17-19H,13-14H2,1-2H3,(H,21,23). The first-order valence-electron chi connectivity index (χ1n) is 8.22. The lowest BCUT2D eigenvalue weighted by molar-refractivity contribution is -0.123. The van der Waals surface area contributed by atoms with E-state index < -0.39 is 0 Å². The van der Waals surface area contributed by atoms with Crippen LogP contribution < -0.4 is 5.32 Å². The Morgan fingerprint density at radius 3 is 1.87 bits per heavy atom. The molecule has 3 rings (SSSR count). The monoisotopic (exact) mass is 308 g/mol. The summed E-state index contributed by atoms with van der Waals surface area (Å²) in [6.45, 7) is 0. The van der Waals surface area contributed by atoms with E-state index in [1.807, 2.05) is 60.7 Å². The van der Waals surface area contributed by atoms with Crippen LogP contribution in [0.4, 0.5) is 0 Å². The van der Waals surface area contributed by atoms with E-state index in [-0.39, 0.29) is 11.8 Å². The number of hydrogen-bond donors (Lipinski definition) is 1. The Balaban J connectivity index is 1.75. The van der Waals surface area contributed by atoms with E-state index in [2.05, 4.69) is 24.3 Å². The third-order valence-electron chi connectivity index (χ3n) is 4.72. The van der Waals surface area contributed by atoms with E-state index >= 15 is 0 Å². The van der Waals surface area contributed by atoms with Crippen molar-refractivity contribution < 1.29 is 4.79 Å². The number of carbonyl (C=O) groups excluding carboxylic acids is 1. The van der Waals surface area contributed by atoms with Gasteiger partial charge in [-0.05, 0) is 38.1 Å². The third-order valence-corrected chi connectivity index (χ3v) is 4.72. The predicted octanol–water partition coefficient (Wildman–Crippen LogP) is 3.03. The molecule has 0 radical (unpaired) electrons. The molecule has 0 unspecified atom stereocenters.